The predicted octanol–water partition coefficient (Wildman–Crippen LogP) is 4.44. The largest absolute Gasteiger partial charge is 0.348 e. The fourth-order valence-corrected chi connectivity index (χ4v) is 5.16. The number of carbonyl (C=O) groups is 1. The third-order valence-corrected chi connectivity index (χ3v) is 7.00. The minimum atomic E-state index is 0.152. The second-order valence-electron chi connectivity index (χ2n) is 9.99. The Kier molecular flexibility index (Phi) is 6.15. The Morgan fingerprint density at radius 2 is 1.97 bits per heavy atom. The van der Waals surface area contributed by atoms with Crippen molar-refractivity contribution in [2.75, 3.05) is 27.2 Å². The number of likely N-dealkylation sites (N-methyl/N-ethyl adjacent to an activating group) is 1. The highest BCUT2D eigenvalue weighted by atomic mass is 16.2. The molecule has 0 aliphatic carbocycles. The Morgan fingerprint density at radius 3 is 2.69 bits per heavy atom. The predicted molar refractivity (Wildman–Crippen MR) is 137 cm³/mol. The molecule has 1 amide bonds. The van der Waals surface area contributed by atoms with Gasteiger partial charge in [-0.1, -0.05) is 38.1 Å². The van der Waals surface area contributed by atoms with Gasteiger partial charge in [-0.05, 0) is 55.0 Å². The highest BCUT2D eigenvalue weighted by molar-refractivity contribution is 5.78. The van der Waals surface area contributed by atoms with Gasteiger partial charge in [0.15, 0.2) is 5.65 Å². The van der Waals surface area contributed by atoms with Gasteiger partial charge in [-0.15, -0.1) is 0 Å². The third kappa shape index (κ3) is 4.34. The van der Waals surface area contributed by atoms with Gasteiger partial charge in [-0.2, -0.15) is 10.2 Å². The van der Waals surface area contributed by atoms with Crippen LogP contribution in [-0.2, 0) is 4.79 Å². The van der Waals surface area contributed by atoms with E-state index in [9.17, 15) is 4.79 Å². The van der Waals surface area contributed by atoms with Crippen LogP contribution in [0.1, 0.15) is 55.3 Å². The maximum Gasteiger partial charge on any atom is 0.236 e. The number of aromatic nitrogens is 5. The maximum absolute atomic E-state index is 12.3. The molecule has 8 heteroatoms. The van der Waals surface area contributed by atoms with Crippen LogP contribution in [0.15, 0.2) is 42.9 Å². The first-order chi connectivity index (χ1) is 16.8. The van der Waals surface area contributed by atoms with E-state index < -0.39 is 0 Å². The standard InChI is InChI=1S/C27H33N7O/c1-17(2)24-25(30-31-26(24)21-13-18(3)27-28-16-29-34(27)14-21)20-10-8-19(9-11-20)22-7-6-12-33(22)15-23(35)32(4)5/h8-11,13-14,16-17,22H,6-7,12,15H2,1-5H3,(H,30,31). The van der Waals surface area contributed by atoms with E-state index in [1.807, 2.05) is 31.7 Å². The summed E-state index contributed by atoms with van der Waals surface area (Å²) >= 11 is 0. The number of amides is 1. The molecule has 1 saturated heterocycles. The minimum absolute atomic E-state index is 0.152. The van der Waals surface area contributed by atoms with Crippen molar-refractivity contribution in [3.63, 3.8) is 0 Å². The summed E-state index contributed by atoms with van der Waals surface area (Å²) < 4.78 is 1.81. The first kappa shape index (κ1) is 23.2. The molecule has 0 spiro atoms. The minimum Gasteiger partial charge on any atom is -0.348 e. The van der Waals surface area contributed by atoms with Gasteiger partial charge in [0.25, 0.3) is 0 Å². The molecule has 1 N–H and O–H groups in total. The molecule has 5 rings (SSSR count). The molecule has 4 heterocycles. The van der Waals surface area contributed by atoms with Crippen molar-refractivity contribution in [3.05, 3.63) is 59.5 Å². The van der Waals surface area contributed by atoms with E-state index in [4.69, 9.17) is 5.10 Å². The van der Waals surface area contributed by atoms with Gasteiger partial charge in [-0.25, -0.2) is 9.50 Å². The van der Waals surface area contributed by atoms with E-state index in [1.54, 1.807) is 11.2 Å². The number of likely N-dealkylation sites (tertiary alicyclic amines) is 1. The third-order valence-electron chi connectivity index (χ3n) is 7.00. The zero-order valence-electron chi connectivity index (χ0n) is 21.1. The molecule has 1 aliphatic rings. The molecule has 3 aromatic heterocycles. The lowest BCUT2D eigenvalue weighted by Crippen LogP contribution is -2.36. The van der Waals surface area contributed by atoms with E-state index >= 15 is 0 Å². The van der Waals surface area contributed by atoms with Gasteiger partial charge < -0.3 is 4.90 Å². The molecule has 4 aromatic rings. The summed E-state index contributed by atoms with van der Waals surface area (Å²) in [5.41, 5.74) is 8.51. The van der Waals surface area contributed by atoms with Crippen LogP contribution < -0.4 is 0 Å². The van der Waals surface area contributed by atoms with Crippen LogP contribution in [0.5, 0.6) is 0 Å². The summed E-state index contributed by atoms with van der Waals surface area (Å²) in [6.07, 6.45) is 5.77. The monoisotopic (exact) mass is 471 g/mol. The maximum atomic E-state index is 12.3. The molecule has 35 heavy (non-hydrogen) atoms. The second kappa shape index (κ2) is 9.26. The summed E-state index contributed by atoms with van der Waals surface area (Å²) in [5, 5.41) is 12.4. The molecule has 182 valence electrons. The van der Waals surface area contributed by atoms with Crippen LogP contribution in [-0.4, -0.2) is 67.7 Å². The number of carbonyl (C=O) groups excluding carboxylic acids is 1. The van der Waals surface area contributed by atoms with Crippen LogP contribution in [0, 0.1) is 6.92 Å². The summed E-state index contributed by atoms with van der Waals surface area (Å²) in [6.45, 7) is 7.88. The van der Waals surface area contributed by atoms with Gasteiger partial charge >= 0.3 is 0 Å². The van der Waals surface area contributed by atoms with Crippen molar-refractivity contribution < 1.29 is 4.79 Å². The quantitative estimate of drug-likeness (QED) is 0.449. The van der Waals surface area contributed by atoms with Crippen LogP contribution in [0.25, 0.3) is 28.2 Å². The number of benzene rings is 1. The smallest absolute Gasteiger partial charge is 0.236 e. The molecule has 1 aromatic carbocycles. The van der Waals surface area contributed by atoms with Gasteiger partial charge in [0.05, 0.1) is 17.9 Å². The van der Waals surface area contributed by atoms with E-state index in [0.717, 1.165) is 53.1 Å². The van der Waals surface area contributed by atoms with Crippen molar-refractivity contribution in [1.29, 1.82) is 0 Å². The first-order valence-electron chi connectivity index (χ1n) is 12.3. The number of aromatic amines is 1. The Labute approximate surface area is 206 Å². The molecular formula is C27H33N7O. The Morgan fingerprint density at radius 1 is 1.20 bits per heavy atom. The van der Waals surface area contributed by atoms with Crippen LogP contribution in [0.3, 0.4) is 0 Å². The number of aryl methyl sites for hydroxylation is 1. The second-order valence-corrected chi connectivity index (χ2v) is 9.99. The zero-order chi connectivity index (χ0) is 24.7. The molecule has 1 aliphatic heterocycles. The summed E-state index contributed by atoms with van der Waals surface area (Å²) in [5.74, 6) is 0.437. The molecule has 1 atom stereocenters. The van der Waals surface area contributed by atoms with Crippen LogP contribution in [0.4, 0.5) is 0 Å². The van der Waals surface area contributed by atoms with Crippen molar-refractivity contribution in [2.45, 2.75) is 45.6 Å². The van der Waals surface area contributed by atoms with Crippen molar-refractivity contribution in [1.82, 2.24) is 34.6 Å². The number of nitrogens with zero attached hydrogens (tertiary/aromatic N) is 6. The number of hydrogen-bond donors (Lipinski definition) is 1. The average molecular weight is 472 g/mol. The summed E-state index contributed by atoms with van der Waals surface area (Å²) in [4.78, 5) is 20.6. The molecule has 1 unspecified atom stereocenters. The number of fused-ring (bicyclic) bond motifs is 1. The van der Waals surface area contributed by atoms with Gasteiger partial charge in [0.1, 0.15) is 6.33 Å². The topological polar surface area (TPSA) is 82.4 Å². The molecule has 0 saturated carbocycles. The molecule has 8 nitrogen and oxygen atoms in total. The highest BCUT2D eigenvalue weighted by Gasteiger charge is 2.28. The normalized spacial score (nSPS) is 16.5. The Hall–Kier alpha value is -3.52. The fraction of sp³-hybridized carbons (Fsp3) is 0.407. The molecule has 0 radical (unpaired) electrons. The van der Waals surface area contributed by atoms with E-state index in [1.165, 1.54) is 11.1 Å². The number of nitrogens with one attached hydrogen (secondary N) is 1. The van der Waals surface area contributed by atoms with E-state index in [2.05, 4.69) is 64.3 Å². The lowest BCUT2D eigenvalue weighted by molar-refractivity contribution is -0.130. The molecule has 0 bridgehead atoms. The molecule has 1 fully saturated rings. The molecular weight excluding hydrogens is 438 g/mol. The zero-order valence-corrected chi connectivity index (χ0v) is 21.1. The van der Waals surface area contributed by atoms with Gasteiger partial charge in [-0.3, -0.25) is 14.8 Å². The fourth-order valence-electron chi connectivity index (χ4n) is 5.16. The summed E-state index contributed by atoms with van der Waals surface area (Å²) in [7, 11) is 3.64. The Bertz CT molecular complexity index is 1350. The summed E-state index contributed by atoms with van der Waals surface area (Å²) in [6, 6.07) is 11.2. The van der Waals surface area contributed by atoms with E-state index in [-0.39, 0.29) is 17.9 Å². The lowest BCUT2D eigenvalue weighted by atomic mass is 9.93. The van der Waals surface area contributed by atoms with E-state index in [0.29, 0.717) is 6.54 Å². The van der Waals surface area contributed by atoms with Crippen molar-refractivity contribution in [2.24, 2.45) is 0 Å². The highest BCUT2D eigenvalue weighted by Crippen LogP contribution is 2.37. The first-order valence-corrected chi connectivity index (χ1v) is 12.3. The van der Waals surface area contributed by atoms with Crippen molar-refractivity contribution >= 4 is 11.6 Å². The van der Waals surface area contributed by atoms with Crippen LogP contribution >= 0.6 is 0 Å². The van der Waals surface area contributed by atoms with Crippen molar-refractivity contribution in [3.8, 4) is 22.5 Å². The van der Waals surface area contributed by atoms with Gasteiger partial charge in [0, 0.05) is 37.5 Å². The Balaban J connectivity index is 1.45. The SMILES string of the molecule is Cc1cc(-c2n[nH]c(-c3ccc(C4CCCN4CC(=O)N(C)C)cc3)c2C(C)C)cn2ncnc12. The number of hydrogen-bond acceptors (Lipinski definition) is 5. The number of H-pyrrole nitrogens is 1. The van der Waals surface area contributed by atoms with Crippen LogP contribution in [0.2, 0.25) is 0 Å². The lowest BCUT2D eigenvalue weighted by Gasteiger charge is -2.25. The number of rotatable bonds is 6. The average Bonchev–Trinajstić information content (AvgIpc) is 3.58. The number of pyridine rings is 1. The van der Waals surface area contributed by atoms with Gasteiger partial charge in [0.2, 0.25) is 5.91 Å².